The number of fused-ring (bicyclic) bond motifs is 1. The van der Waals surface area contributed by atoms with Crippen molar-refractivity contribution in [2.24, 2.45) is 0 Å². The van der Waals surface area contributed by atoms with Crippen molar-refractivity contribution >= 4 is 34.8 Å². The smallest absolute Gasteiger partial charge is 0.252 e. The minimum absolute atomic E-state index is 0.0696. The molecule has 0 atom stereocenters. The highest BCUT2D eigenvalue weighted by atomic mass is 35.5. The highest BCUT2D eigenvalue weighted by Crippen LogP contribution is 2.29. The van der Waals surface area contributed by atoms with Crippen molar-refractivity contribution in [2.45, 2.75) is 32.7 Å². The number of hydrogen-bond acceptors (Lipinski definition) is 3. The van der Waals surface area contributed by atoms with E-state index in [0.717, 1.165) is 18.4 Å². The summed E-state index contributed by atoms with van der Waals surface area (Å²) in [7, 11) is 0. The number of anilines is 1. The number of aromatic nitrogens is 1. The van der Waals surface area contributed by atoms with Crippen LogP contribution in [0, 0.1) is 0 Å². The normalized spacial score (nSPS) is 12.8. The molecular formula is C18H18Cl2N2O2. The number of rotatable bonds is 5. The Bertz CT molecular complexity index is 859. The highest BCUT2D eigenvalue weighted by Gasteiger charge is 2.26. The zero-order valence-corrected chi connectivity index (χ0v) is 14.9. The molecular weight excluding hydrogens is 347 g/mol. The summed E-state index contributed by atoms with van der Waals surface area (Å²) in [6.07, 6.45) is 2.59. The number of aryl methyl sites for hydroxylation is 1. The van der Waals surface area contributed by atoms with Gasteiger partial charge in [0.1, 0.15) is 5.82 Å². The quantitative estimate of drug-likeness (QED) is 0.810. The Hall–Kier alpha value is -1.78. The van der Waals surface area contributed by atoms with Crippen LogP contribution in [0.2, 0.25) is 10.0 Å². The van der Waals surface area contributed by atoms with Gasteiger partial charge in [-0.2, -0.15) is 0 Å². The summed E-state index contributed by atoms with van der Waals surface area (Å²) in [4.78, 5) is 25.4. The zero-order valence-electron chi connectivity index (χ0n) is 13.4. The molecule has 0 saturated heterocycles. The molecule has 2 aromatic rings. The minimum Gasteiger partial charge on any atom is -0.369 e. The molecule has 126 valence electrons. The van der Waals surface area contributed by atoms with Gasteiger partial charge in [0.25, 0.3) is 5.56 Å². The minimum atomic E-state index is -0.180. The van der Waals surface area contributed by atoms with Crippen LogP contribution in [0.5, 0.6) is 0 Å². The first kappa shape index (κ1) is 17.1. The number of carbonyl (C=O) groups excluding carboxylic acids is 1. The van der Waals surface area contributed by atoms with Gasteiger partial charge in [-0.05, 0) is 36.6 Å². The van der Waals surface area contributed by atoms with Gasteiger partial charge in [0.2, 0.25) is 0 Å². The summed E-state index contributed by atoms with van der Waals surface area (Å²) in [5.74, 6) is 0.422. The molecule has 1 aromatic heterocycles. The van der Waals surface area contributed by atoms with Gasteiger partial charge >= 0.3 is 0 Å². The number of nitrogens with zero attached hydrogens (tertiary/aromatic N) is 1. The fourth-order valence-electron chi connectivity index (χ4n) is 3.01. The van der Waals surface area contributed by atoms with Gasteiger partial charge < -0.3 is 5.32 Å². The van der Waals surface area contributed by atoms with Crippen molar-refractivity contribution < 1.29 is 4.79 Å². The molecule has 0 unspecified atom stereocenters. The standard InChI is InChI=1S/C18H18Cl2N2O2/c1-2-3-4-11-9-15(23)22-8-7-21-18(22)16(11)17(24)13-6-5-12(19)10-14(13)20/h5-6,9-10,21H,2-4,7-8H2,1H3. The van der Waals surface area contributed by atoms with E-state index in [-0.39, 0.29) is 11.3 Å². The van der Waals surface area contributed by atoms with Crippen LogP contribution < -0.4 is 10.9 Å². The van der Waals surface area contributed by atoms with Crippen LogP contribution in [0.1, 0.15) is 41.3 Å². The average Bonchev–Trinajstić information content (AvgIpc) is 3.02. The first-order chi connectivity index (χ1) is 11.5. The predicted molar refractivity (Wildman–Crippen MR) is 97.7 cm³/mol. The average molecular weight is 365 g/mol. The van der Waals surface area contributed by atoms with Gasteiger partial charge in [-0.1, -0.05) is 36.5 Å². The number of nitrogens with one attached hydrogen (secondary N) is 1. The number of carbonyl (C=O) groups is 1. The predicted octanol–water partition coefficient (Wildman–Crippen LogP) is 4.15. The largest absolute Gasteiger partial charge is 0.369 e. The van der Waals surface area contributed by atoms with E-state index in [9.17, 15) is 9.59 Å². The Kier molecular flexibility index (Phi) is 4.97. The number of unbranched alkanes of at least 4 members (excludes halogenated alkanes) is 1. The van der Waals surface area contributed by atoms with Crippen LogP contribution in [-0.4, -0.2) is 16.9 Å². The lowest BCUT2D eigenvalue weighted by molar-refractivity contribution is 0.103. The second kappa shape index (κ2) is 6.99. The van der Waals surface area contributed by atoms with Crippen LogP contribution >= 0.6 is 23.2 Å². The van der Waals surface area contributed by atoms with Gasteiger partial charge in [-0.15, -0.1) is 0 Å². The Balaban J connectivity index is 2.16. The number of ketones is 1. The summed E-state index contributed by atoms with van der Waals surface area (Å²) >= 11 is 12.1. The molecule has 0 saturated carbocycles. The molecule has 2 heterocycles. The van der Waals surface area contributed by atoms with Gasteiger partial charge in [0.05, 0.1) is 10.6 Å². The summed E-state index contributed by atoms with van der Waals surface area (Å²) in [5, 5.41) is 3.98. The van der Waals surface area contributed by atoms with Crippen LogP contribution in [0.4, 0.5) is 5.82 Å². The third-order valence-electron chi connectivity index (χ3n) is 4.22. The molecule has 0 radical (unpaired) electrons. The number of pyridine rings is 1. The summed E-state index contributed by atoms with van der Waals surface area (Å²) in [6, 6.07) is 6.43. The molecule has 1 aromatic carbocycles. The lowest BCUT2D eigenvalue weighted by Crippen LogP contribution is -2.22. The topological polar surface area (TPSA) is 51.1 Å². The SMILES string of the molecule is CCCCc1cc(=O)n2c(c1C(=O)c1ccc(Cl)cc1Cl)NCC2. The molecule has 0 aliphatic carbocycles. The number of hydrogen-bond donors (Lipinski definition) is 1. The fourth-order valence-corrected chi connectivity index (χ4v) is 3.51. The summed E-state index contributed by atoms with van der Waals surface area (Å²) in [6.45, 7) is 3.29. The van der Waals surface area contributed by atoms with E-state index in [2.05, 4.69) is 12.2 Å². The molecule has 24 heavy (non-hydrogen) atoms. The molecule has 1 aliphatic heterocycles. The number of halogens is 2. The van der Waals surface area contributed by atoms with Crippen molar-refractivity contribution in [3.63, 3.8) is 0 Å². The van der Waals surface area contributed by atoms with Crippen LogP contribution in [-0.2, 0) is 13.0 Å². The second-order valence-electron chi connectivity index (χ2n) is 5.87. The van der Waals surface area contributed by atoms with Crippen molar-refractivity contribution in [3.8, 4) is 0 Å². The maximum atomic E-state index is 13.2. The Morgan fingerprint density at radius 2 is 2.08 bits per heavy atom. The molecule has 0 bridgehead atoms. The molecule has 6 heteroatoms. The molecule has 1 aliphatic rings. The van der Waals surface area contributed by atoms with Crippen LogP contribution in [0.25, 0.3) is 0 Å². The van der Waals surface area contributed by atoms with Gasteiger partial charge in [-0.3, -0.25) is 14.2 Å². The molecule has 4 nitrogen and oxygen atoms in total. The van der Waals surface area contributed by atoms with E-state index >= 15 is 0 Å². The molecule has 0 spiro atoms. The lowest BCUT2D eigenvalue weighted by Gasteiger charge is -2.15. The summed E-state index contributed by atoms with van der Waals surface area (Å²) in [5.41, 5.74) is 1.65. The first-order valence-electron chi connectivity index (χ1n) is 8.03. The third-order valence-corrected chi connectivity index (χ3v) is 4.77. The highest BCUT2D eigenvalue weighted by molar-refractivity contribution is 6.37. The van der Waals surface area contributed by atoms with E-state index in [1.54, 1.807) is 28.8 Å². The van der Waals surface area contributed by atoms with E-state index in [1.807, 2.05) is 0 Å². The molecule has 0 amide bonds. The van der Waals surface area contributed by atoms with Gasteiger partial charge in [0.15, 0.2) is 5.78 Å². The third kappa shape index (κ3) is 3.08. The van der Waals surface area contributed by atoms with E-state index in [4.69, 9.17) is 23.2 Å². The molecule has 1 N–H and O–H groups in total. The maximum absolute atomic E-state index is 13.2. The van der Waals surface area contributed by atoms with Gasteiger partial charge in [0, 0.05) is 29.7 Å². The summed E-state index contributed by atoms with van der Waals surface area (Å²) < 4.78 is 1.62. The molecule has 0 fully saturated rings. The lowest BCUT2D eigenvalue weighted by atomic mass is 9.96. The maximum Gasteiger partial charge on any atom is 0.252 e. The Morgan fingerprint density at radius 1 is 1.29 bits per heavy atom. The van der Waals surface area contributed by atoms with Crippen molar-refractivity contribution in [2.75, 3.05) is 11.9 Å². The fraction of sp³-hybridized carbons (Fsp3) is 0.333. The van der Waals surface area contributed by atoms with E-state index in [0.29, 0.717) is 46.5 Å². The molecule has 3 rings (SSSR count). The van der Waals surface area contributed by atoms with Crippen LogP contribution in [0.15, 0.2) is 29.1 Å². The zero-order chi connectivity index (χ0) is 17.3. The van der Waals surface area contributed by atoms with E-state index < -0.39 is 0 Å². The van der Waals surface area contributed by atoms with Crippen LogP contribution in [0.3, 0.4) is 0 Å². The van der Waals surface area contributed by atoms with Crippen molar-refractivity contribution in [3.05, 3.63) is 61.4 Å². The van der Waals surface area contributed by atoms with Crippen molar-refractivity contribution in [1.82, 2.24) is 4.57 Å². The van der Waals surface area contributed by atoms with Crippen molar-refractivity contribution in [1.29, 1.82) is 0 Å². The Labute approximate surface area is 150 Å². The second-order valence-corrected chi connectivity index (χ2v) is 6.71. The first-order valence-corrected chi connectivity index (χ1v) is 8.79. The Morgan fingerprint density at radius 3 is 2.79 bits per heavy atom. The number of benzene rings is 1. The van der Waals surface area contributed by atoms with Gasteiger partial charge in [-0.25, -0.2) is 0 Å². The monoisotopic (exact) mass is 364 g/mol. The van der Waals surface area contributed by atoms with E-state index in [1.165, 1.54) is 0 Å².